The summed E-state index contributed by atoms with van der Waals surface area (Å²) < 4.78 is 37.7. The van der Waals surface area contributed by atoms with Crippen molar-refractivity contribution in [2.45, 2.75) is 12.3 Å². The molecule has 1 rings (SSSR count). The average molecular weight is 333 g/mol. The number of hydrogen-bond donors (Lipinski definition) is 2. The molecule has 0 aliphatic rings. The van der Waals surface area contributed by atoms with Crippen LogP contribution in [0.2, 0.25) is 5.02 Å². The normalized spacial score (nSPS) is 13.1. The average Bonchev–Trinajstić information content (AvgIpc) is 2.34. The van der Waals surface area contributed by atoms with Crippen molar-refractivity contribution >= 4 is 34.6 Å². The molecule has 112 valence electrons. The van der Waals surface area contributed by atoms with Gasteiger partial charge < -0.3 is 10.4 Å². The number of alkyl halides is 4. The van der Waals surface area contributed by atoms with Gasteiger partial charge in [0.25, 0.3) is 5.69 Å². The van der Waals surface area contributed by atoms with E-state index in [2.05, 4.69) is 5.32 Å². The molecule has 0 radical (unpaired) electrons. The van der Waals surface area contributed by atoms with Gasteiger partial charge in [-0.1, -0.05) is 11.6 Å². The highest BCUT2D eigenvalue weighted by molar-refractivity contribution is 6.33. The Morgan fingerprint density at radius 1 is 1.45 bits per heavy atom. The Morgan fingerprint density at radius 2 is 2.05 bits per heavy atom. The van der Waals surface area contributed by atoms with E-state index in [1.807, 2.05) is 0 Å². The number of hydrogen-bond acceptors (Lipinski definition) is 4. The molecular weight excluding hydrogens is 324 g/mol. The Balaban J connectivity index is 3.20. The van der Waals surface area contributed by atoms with E-state index in [0.29, 0.717) is 12.1 Å². The lowest BCUT2D eigenvalue weighted by molar-refractivity contribution is -0.384. The maximum Gasteiger partial charge on any atom is 0.416 e. The summed E-state index contributed by atoms with van der Waals surface area (Å²) >= 11 is 11.0. The highest BCUT2D eigenvalue weighted by atomic mass is 35.5. The quantitative estimate of drug-likeness (QED) is 0.493. The molecule has 0 aliphatic heterocycles. The molecule has 1 atom stereocenters. The van der Waals surface area contributed by atoms with Crippen molar-refractivity contribution in [2.75, 3.05) is 17.7 Å². The van der Waals surface area contributed by atoms with Gasteiger partial charge in [-0.3, -0.25) is 10.1 Å². The minimum Gasteiger partial charge on any atom is -0.390 e. The first-order chi connectivity index (χ1) is 9.16. The summed E-state index contributed by atoms with van der Waals surface area (Å²) in [5, 5.41) is 22.0. The van der Waals surface area contributed by atoms with Crippen LogP contribution in [0.15, 0.2) is 12.1 Å². The van der Waals surface area contributed by atoms with Gasteiger partial charge >= 0.3 is 6.18 Å². The molecule has 1 aromatic rings. The van der Waals surface area contributed by atoms with Gasteiger partial charge in [0.2, 0.25) is 0 Å². The summed E-state index contributed by atoms with van der Waals surface area (Å²) in [4.78, 5) is 9.83. The van der Waals surface area contributed by atoms with Crippen LogP contribution in [0.5, 0.6) is 0 Å². The number of nitro benzene ring substituents is 1. The van der Waals surface area contributed by atoms with Crippen molar-refractivity contribution in [3.05, 3.63) is 32.8 Å². The number of benzene rings is 1. The topological polar surface area (TPSA) is 75.4 Å². The second-order valence-corrected chi connectivity index (χ2v) is 4.51. The molecule has 0 fully saturated rings. The number of anilines is 1. The Bertz CT molecular complexity index is 511. The van der Waals surface area contributed by atoms with Gasteiger partial charge in [-0.05, 0) is 6.07 Å². The maximum atomic E-state index is 12.6. The third kappa shape index (κ3) is 4.12. The van der Waals surface area contributed by atoms with E-state index in [4.69, 9.17) is 23.2 Å². The number of halogens is 5. The second kappa shape index (κ2) is 6.47. The van der Waals surface area contributed by atoms with Crippen molar-refractivity contribution in [3.63, 3.8) is 0 Å². The van der Waals surface area contributed by atoms with Gasteiger partial charge in [-0.15, -0.1) is 11.6 Å². The predicted molar refractivity (Wildman–Crippen MR) is 68.3 cm³/mol. The summed E-state index contributed by atoms with van der Waals surface area (Å²) in [6.45, 7) is -0.185. The van der Waals surface area contributed by atoms with Crippen molar-refractivity contribution in [1.29, 1.82) is 0 Å². The SMILES string of the molecule is O=[N+]([O-])c1cc(C(F)(F)F)cc(Cl)c1NCC(O)CCl. The van der Waals surface area contributed by atoms with Gasteiger partial charge in [-0.25, -0.2) is 0 Å². The number of rotatable bonds is 5. The number of nitro groups is 1. The van der Waals surface area contributed by atoms with Crippen molar-refractivity contribution < 1.29 is 23.2 Å². The molecule has 0 saturated heterocycles. The molecule has 0 aliphatic carbocycles. The smallest absolute Gasteiger partial charge is 0.390 e. The first-order valence-corrected chi connectivity index (χ1v) is 6.11. The molecule has 1 aromatic carbocycles. The highest BCUT2D eigenvalue weighted by Gasteiger charge is 2.34. The third-order valence-corrected chi connectivity index (χ3v) is 2.94. The summed E-state index contributed by atoms with van der Waals surface area (Å²) in [6, 6.07) is 0.950. The summed E-state index contributed by atoms with van der Waals surface area (Å²) in [5.74, 6) is -0.140. The van der Waals surface area contributed by atoms with Crippen LogP contribution in [-0.4, -0.2) is 28.6 Å². The van der Waals surface area contributed by atoms with E-state index in [0.717, 1.165) is 0 Å². The summed E-state index contributed by atoms with van der Waals surface area (Å²) in [6.07, 6.45) is -5.77. The Hall–Kier alpha value is -1.25. The predicted octanol–water partition coefficient (Wildman–Crippen LogP) is 3.28. The zero-order valence-corrected chi connectivity index (χ0v) is 11.3. The van der Waals surface area contributed by atoms with E-state index in [9.17, 15) is 28.4 Å². The van der Waals surface area contributed by atoms with Gasteiger partial charge in [0.05, 0.1) is 27.5 Å². The van der Waals surface area contributed by atoms with Crippen molar-refractivity contribution in [1.82, 2.24) is 0 Å². The third-order valence-electron chi connectivity index (χ3n) is 2.29. The Morgan fingerprint density at radius 3 is 2.50 bits per heavy atom. The molecule has 10 heteroatoms. The molecule has 0 bridgehead atoms. The number of nitrogens with zero attached hydrogens (tertiary/aromatic N) is 1. The minimum absolute atomic E-state index is 0.140. The Kier molecular flexibility index (Phi) is 5.43. The van der Waals surface area contributed by atoms with Crippen LogP contribution in [0.3, 0.4) is 0 Å². The number of aliphatic hydroxyl groups is 1. The van der Waals surface area contributed by atoms with Crippen LogP contribution in [0.1, 0.15) is 5.56 Å². The van der Waals surface area contributed by atoms with E-state index < -0.39 is 33.5 Å². The summed E-state index contributed by atoms with van der Waals surface area (Å²) in [7, 11) is 0. The summed E-state index contributed by atoms with van der Waals surface area (Å²) in [5.41, 5.74) is -2.35. The van der Waals surface area contributed by atoms with Crippen LogP contribution in [0.25, 0.3) is 0 Å². The molecule has 0 amide bonds. The zero-order chi connectivity index (χ0) is 15.5. The monoisotopic (exact) mass is 332 g/mol. The highest BCUT2D eigenvalue weighted by Crippen LogP contribution is 2.39. The lowest BCUT2D eigenvalue weighted by Gasteiger charge is -2.14. The second-order valence-electron chi connectivity index (χ2n) is 3.80. The van der Waals surface area contributed by atoms with Gasteiger partial charge in [0.1, 0.15) is 5.69 Å². The van der Waals surface area contributed by atoms with E-state index in [1.54, 1.807) is 0 Å². The van der Waals surface area contributed by atoms with E-state index in [-0.39, 0.29) is 18.1 Å². The fourth-order valence-electron chi connectivity index (χ4n) is 1.35. The van der Waals surface area contributed by atoms with Gasteiger partial charge in [0, 0.05) is 12.6 Å². The first kappa shape index (κ1) is 16.8. The molecule has 0 heterocycles. The van der Waals surface area contributed by atoms with Crippen LogP contribution >= 0.6 is 23.2 Å². The largest absolute Gasteiger partial charge is 0.416 e. The minimum atomic E-state index is -4.75. The van der Waals surface area contributed by atoms with Crippen LogP contribution in [0, 0.1) is 10.1 Å². The molecule has 0 spiro atoms. The van der Waals surface area contributed by atoms with Gasteiger partial charge in [-0.2, -0.15) is 13.2 Å². The fraction of sp³-hybridized carbons (Fsp3) is 0.400. The zero-order valence-electron chi connectivity index (χ0n) is 9.75. The lowest BCUT2D eigenvalue weighted by Crippen LogP contribution is -2.21. The lowest BCUT2D eigenvalue weighted by atomic mass is 10.1. The molecule has 1 unspecified atom stereocenters. The number of aliphatic hydroxyl groups excluding tert-OH is 1. The van der Waals surface area contributed by atoms with Crippen LogP contribution in [-0.2, 0) is 6.18 Å². The molecule has 5 nitrogen and oxygen atoms in total. The van der Waals surface area contributed by atoms with E-state index >= 15 is 0 Å². The molecule has 0 saturated carbocycles. The Labute approximate surface area is 121 Å². The maximum absolute atomic E-state index is 12.6. The first-order valence-electron chi connectivity index (χ1n) is 5.19. The van der Waals surface area contributed by atoms with E-state index in [1.165, 1.54) is 0 Å². The molecule has 2 N–H and O–H groups in total. The number of nitrogens with one attached hydrogen (secondary N) is 1. The molecule has 20 heavy (non-hydrogen) atoms. The van der Waals surface area contributed by atoms with Crippen molar-refractivity contribution in [2.24, 2.45) is 0 Å². The fourth-order valence-corrected chi connectivity index (χ4v) is 1.74. The van der Waals surface area contributed by atoms with Gasteiger partial charge in [0.15, 0.2) is 0 Å². The van der Waals surface area contributed by atoms with Crippen molar-refractivity contribution in [3.8, 4) is 0 Å². The molecular formula is C10H9Cl2F3N2O3. The van der Waals surface area contributed by atoms with Crippen LogP contribution < -0.4 is 5.32 Å². The van der Waals surface area contributed by atoms with Crippen LogP contribution in [0.4, 0.5) is 24.5 Å². The molecule has 0 aromatic heterocycles. The standard InChI is InChI=1S/C10H9Cl2F3N2O3/c11-3-6(18)4-16-9-7(12)1-5(10(13,14)15)2-8(9)17(19)20/h1-2,6,16,18H,3-4H2.